The van der Waals surface area contributed by atoms with Crippen molar-refractivity contribution >= 4 is 5.69 Å². The monoisotopic (exact) mass is 421 g/mol. The molecule has 0 bridgehead atoms. The minimum absolute atomic E-state index is 0.0425. The highest BCUT2D eigenvalue weighted by molar-refractivity contribution is 5.46. The second kappa shape index (κ2) is 11.9. The van der Waals surface area contributed by atoms with Gasteiger partial charge in [-0.1, -0.05) is 12.1 Å². The second-order valence-corrected chi connectivity index (χ2v) is 7.84. The number of hydrogen-bond donors (Lipinski definition) is 0. The lowest BCUT2D eigenvalue weighted by Gasteiger charge is -2.32. The van der Waals surface area contributed by atoms with Crippen molar-refractivity contribution in [3.8, 4) is 17.6 Å². The molecule has 3 rings (SSSR count). The van der Waals surface area contributed by atoms with Crippen LogP contribution in [0, 0.1) is 29.6 Å². The van der Waals surface area contributed by atoms with E-state index in [9.17, 15) is 4.39 Å². The molecule has 6 heteroatoms. The molecule has 1 saturated heterocycles. The van der Waals surface area contributed by atoms with Gasteiger partial charge in [0.2, 0.25) is 0 Å². The molecule has 1 aliphatic rings. The summed E-state index contributed by atoms with van der Waals surface area (Å²) in [5, 5.41) is 8.76. The van der Waals surface area contributed by atoms with E-state index < -0.39 is 5.82 Å². The van der Waals surface area contributed by atoms with Crippen LogP contribution in [0.1, 0.15) is 37.7 Å². The fourth-order valence-corrected chi connectivity index (χ4v) is 3.83. The molecule has 5 nitrogen and oxygen atoms in total. The molecule has 0 unspecified atom stereocenters. The zero-order valence-corrected chi connectivity index (χ0v) is 17.7. The van der Waals surface area contributed by atoms with Gasteiger partial charge in [0.05, 0.1) is 25.3 Å². The normalized spacial score (nSPS) is 14.5. The predicted octanol–water partition coefficient (Wildman–Crippen LogP) is 5.59. The van der Waals surface area contributed by atoms with E-state index in [1.54, 1.807) is 18.2 Å². The molecule has 0 N–H and O–H groups in total. The summed E-state index contributed by atoms with van der Waals surface area (Å²) in [5.74, 6) is 1.48. The molecule has 0 radical (unpaired) electrons. The third-order valence-corrected chi connectivity index (χ3v) is 5.65. The van der Waals surface area contributed by atoms with Gasteiger partial charge in [0.25, 0.3) is 0 Å². The molecular weight excluding hydrogens is 393 g/mol. The van der Waals surface area contributed by atoms with E-state index in [2.05, 4.69) is 9.74 Å². The molecule has 0 aromatic heterocycles. The Kier molecular flexibility index (Phi) is 8.70. The van der Waals surface area contributed by atoms with E-state index in [4.69, 9.17) is 21.3 Å². The first-order valence-electron chi connectivity index (χ1n) is 10.8. The van der Waals surface area contributed by atoms with Crippen molar-refractivity contribution in [3.63, 3.8) is 0 Å². The van der Waals surface area contributed by atoms with Gasteiger partial charge in [-0.25, -0.2) is 9.24 Å². The maximum absolute atomic E-state index is 13.6. The van der Waals surface area contributed by atoms with Crippen LogP contribution in [0.5, 0.6) is 11.5 Å². The van der Waals surface area contributed by atoms with Gasteiger partial charge in [-0.15, -0.1) is 0 Å². The minimum Gasteiger partial charge on any atom is -0.494 e. The van der Waals surface area contributed by atoms with Gasteiger partial charge in [0.1, 0.15) is 23.4 Å². The van der Waals surface area contributed by atoms with Crippen molar-refractivity contribution < 1.29 is 13.9 Å². The quantitative estimate of drug-likeness (QED) is 0.371. The Balaban J connectivity index is 1.24. The third kappa shape index (κ3) is 7.27. The zero-order chi connectivity index (χ0) is 21.9. The van der Waals surface area contributed by atoms with E-state index >= 15 is 0 Å². The van der Waals surface area contributed by atoms with Crippen LogP contribution in [0.25, 0.3) is 4.85 Å². The summed E-state index contributed by atoms with van der Waals surface area (Å²) < 4.78 is 25.0. The van der Waals surface area contributed by atoms with Gasteiger partial charge in [-0.3, -0.25) is 0 Å². The highest BCUT2D eigenvalue weighted by Crippen LogP contribution is 2.23. The third-order valence-electron chi connectivity index (χ3n) is 5.65. The lowest BCUT2D eigenvalue weighted by molar-refractivity contribution is 0.161. The number of nitriles is 1. The molecule has 0 spiro atoms. The van der Waals surface area contributed by atoms with E-state index in [-0.39, 0.29) is 5.56 Å². The smallest absolute Gasteiger partial charge is 0.187 e. The Labute approximate surface area is 183 Å². The van der Waals surface area contributed by atoms with Crippen LogP contribution in [-0.4, -0.2) is 37.7 Å². The molecule has 2 aromatic carbocycles. The molecule has 1 fully saturated rings. The van der Waals surface area contributed by atoms with Crippen molar-refractivity contribution in [2.45, 2.75) is 32.1 Å². The number of halogens is 1. The van der Waals surface area contributed by atoms with Crippen LogP contribution < -0.4 is 9.47 Å². The predicted molar refractivity (Wildman–Crippen MR) is 118 cm³/mol. The van der Waals surface area contributed by atoms with Gasteiger partial charge >= 0.3 is 0 Å². The summed E-state index contributed by atoms with van der Waals surface area (Å²) in [6.07, 6.45) is 5.46. The minimum atomic E-state index is -0.532. The molecule has 0 atom stereocenters. The van der Waals surface area contributed by atoms with E-state index in [0.29, 0.717) is 24.7 Å². The number of nitrogens with zero attached hydrogens (tertiary/aromatic N) is 3. The Morgan fingerprint density at radius 3 is 2.39 bits per heavy atom. The lowest BCUT2D eigenvalue weighted by atomic mass is 9.92. The number of benzene rings is 2. The molecule has 2 aromatic rings. The lowest BCUT2D eigenvalue weighted by Crippen LogP contribution is -2.35. The van der Waals surface area contributed by atoms with Gasteiger partial charge in [-0.05, 0) is 75.4 Å². The van der Waals surface area contributed by atoms with Gasteiger partial charge < -0.3 is 14.4 Å². The maximum Gasteiger partial charge on any atom is 0.187 e. The molecule has 31 heavy (non-hydrogen) atoms. The fourth-order valence-electron chi connectivity index (χ4n) is 3.83. The van der Waals surface area contributed by atoms with E-state index in [0.717, 1.165) is 50.6 Å². The van der Waals surface area contributed by atoms with E-state index in [1.807, 2.05) is 18.2 Å². The first-order valence-corrected chi connectivity index (χ1v) is 10.8. The molecule has 1 heterocycles. The van der Waals surface area contributed by atoms with Crippen LogP contribution in [0.2, 0.25) is 0 Å². The Bertz CT molecular complexity index is 910. The molecule has 0 aliphatic carbocycles. The number of piperidine rings is 1. The summed E-state index contributed by atoms with van der Waals surface area (Å²) in [6, 6.07) is 13.4. The van der Waals surface area contributed by atoms with Crippen LogP contribution in [-0.2, 0) is 0 Å². The van der Waals surface area contributed by atoms with Crippen molar-refractivity contribution in [1.29, 1.82) is 5.26 Å². The Morgan fingerprint density at radius 1 is 1.03 bits per heavy atom. The highest BCUT2D eigenvalue weighted by Gasteiger charge is 2.18. The molecule has 1 aliphatic heterocycles. The Morgan fingerprint density at radius 2 is 1.71 bits per heavy atom. The van der Waals surface area contributed by atoms with Crippen LogP contribution in [0.3, 0.4) is 0 Å². The topological polar surface area (TPSA) is 49.8 Å². The summed E-state index contributed by atoms with van der Waals surface area (Å²) in [6.45, 7) is 11.5. The van der Waals surface area contributed by atoms with E-state index in [1.165, 1.54) is 25.0 Å². The largest absolute Gasteiger partial charge is 0.494 e. The molecule has 0 saturated carbocycles. The summed E-state index contributed by atoms with van der Waals surface area (Å²) in [5.41, 5.74) is 0.672. The Hall–Kier alpha value is -3.09. The van der Waals surface area contributed by atoms with Crippen LogP contribution in [0.4, 0.5) is 10.1 Å². The first-order chi connectivity index (χ1) is 15.2. The van der Waals surface area contributed by atoms with Gasteiger partial charge in [0, 0.05) is 12.6 Å². The van der Waals surface area contributed by atoms with Crippen molar-refractivity contribution in [2.24, 2.45) is 5.92 Å². The van der Waals surface area contributed by atoms with Crippen LogP contribution in [0.15, 0.2) is 42.5 Å². The van der Waals surface area contributed by atoms with Gasteiger partial charge in [-0.2, -0.15) is 5.26 Å². The first kappa shape index (κ1) is 22.6. The number of hydrogen-bond acceptors (Lipinski definition) is 4. The number of likely N-dealkylation sites (tertiary alicyclic amines) is 1. The highest BCUT2D eigenvalue weighted by atomic mass is 19.1. The number of ether oxygens (including phenoxy) is 2. The van der Waals surface area contributed by atoms with Crippen molar-refractivity contribution in [3.05, 3.63) is 65.3 Å². The molecular formula is C25H28FN3O2. The molecule has 162 valence electrons. The summed E-state index contributed by atoms with van der Waals surface area (Å²) in [4.78, 5) is 5.88. The van der Waals surface area contributed by atoms with Crippen LogP contribution >= 0.6 is 0 Å². The molecule has 0 amide bonds. The standard InChI is InChI=1S/C25H28FN3O2/c1-28-22-6-9-23(10-7-22)30-17-3-13-29-14-11-20(12-15-29)4-2-16-31-24-8-5-21(19-27)25(26)18-24/h5-10,18,20H,2-4,11-17H2. The fraction of sp³-hybridized carbons (Fsp3) is 0.440. The summed E-state index contributed by atoms with van der Waals surface area (Å²) >= 11 is 0. The van der Waals surface area contributed by atoms with Crippen molar-refractivity contribution in [2.75, 3.05) is 32.8 Å². The SMILES string of the molecule is [C-]#[N+]c1ccc(OCCCN2CCC(CCCOc3ccc(C#N)c(F)c3)CC2)cc1. The summed E-state index contributed by atoms with van der Waals surface area (Å²) in [7, 11) is 0. The second-order valence-electron chi connectivity index (χ2n) is 7.84. The van der Waals surface area contributed by atoms with Gasteiger partial charge in [0.15, 0.2) is 5.69 Å². The maximum atomic E-state index is 13.6. The van der Waals surface area contributed by atoms with Crippen molar-refractivity contribution in [1.82, 2.24) is 4.90 Å². The number of rotatable bonds is 10. The zero-order valence-electron chi connectivity index (χ0n) is 17.7. The average Bonchev–Trinajstić information content (AvgIpc) is 2.81. The average molecular weight is 422 g/mol.